The van der Waals surface area contributed by atoms with Gasteiger partial charge in [0.15, 0.2) is 0 Å². The molecular weight excluding hydrogens is 500 g/mol. The smallest absolute Gasteiger partial charge is 0.256 e. The molecule has 0 saturated carbocycles. The van der Waals surface area contributed by atoms with Gasteiger partial charge in [-0.25, -0.2) is 0 Å². The number of anilines is 2. The summed E-state index contributed by atoms with van der Waals surface area (Å²) in [5.41, 5.74) is 3.43. The van der Waals surface area contributed by atoms with E-state index in [1.165, 1.54) is 0 Å². The molecule has 1 N–H and O–H groups in total. The maximum Gasteiger partial charge on any atom is 0.256 e. The lowest BCUT2D eigenvalue weighted by Crippen LogP contribution is -2.49. The average Bonchev–Trinajstić information content (AvgIpc) is 2.98. The zero-order chi connectivity index (χ0) is 26.5. The molecule has 5 rings (SSSR count). The van der Waals surface area contributed by atoms with Crippen LogP contribution < -0.4 is 19.9 Å². The summed E-state index contributed by atoms with van der Waals surface area (Å²) in [5.74, 6) is 0.653. The third kappa shape index (κ3) is 5.89. The van der Waals surface area contributed by atoms with Crippen molar-refractivity contribution in [2.45, 2.75) is 18.9 Å². The van der Waals surface area contributed by atoms with Gasteiger partial charge in [0, 0.05) is 67.3 Å². The highest BCUT2D eigenvalue weighted by molar-refractivity contribution is 6.30. The fraction of sp³-hybridized carbons (Fsp3) is 0.333. The van der Waals surface area contributed by atoms with Crippen molar-refractivity contribution in [1.82, 2.24) is 10.2 Å². The summed E-state index contributed by atoms with van der Waals surface area (Å²) in [6, 6.07) is 23.0. The Morgan fingerprint density at radius 3 is 2.26 bits per heavy atom. The molecule has 2 amide bonds. The predicted octanol–water partition coefficient (Wildman–Crippen LogP) is 4.71. The van der Waals surface area contributed by atoms with Gasteiger partial charge in [-0.2, -0.15) is 0 Å². The number of rotatable bonds is 6. The van der Waals surface area contributed by atoms with Gasteiger partial charge in [-0.3, -0.25) is 9.59 Å². The molecule has 3 aromatic rings. The third-order valence-corrected chi connectivity index (χ3v) is 7.65. The summed E-state index contributed by atoms with van der Waals surface area (Å²) in [6.45, 7) is 4.47. The van der Waals surface area contributed by atoms with Gasteiger partial charge >= 0.3 is 0 Å². The number of methoxy groups -OCH3 is 1. The highest BCUT2D eigenvalue weighted by atomic mass is 35.5. The van der Waals surface area contributed by atoms with Gasteiger partial charge in [0.05, 0.1) is 12.7 Å². The minimum absolute atomic E-state index is 0.0739. The monoisotopic (exact) mass is 532 g/mol. The highest BCUT2D eigenvalue weighted by Gasteiger charge is 2.27. The number of benzene rings is 3. The summed E-state index contributed by atoms with van der Waals surface area (Å²) < 4.78 is 5.24. The van der Waals surface area contributed by atoms with Gasteiger partial charge in [-0.05, 0) is 67.4 Å². The summed E-state index contributed by atoms with van der Waals surface area (Å²) in [4.78, 5) is 32.8. The molecule has 0 unspecified atom stereocenters. The number of carbonyl (C=O) groups excluding carboxylic acids is 2. The number of piperazine rings is 1. The van der Waals surface area contributed by atoms with Gasteiger partial charge in [-0.15, -0.1) is 0 Å². The maximum absolute atomic E-state index is 13.6. The Morgan fingerprint density at radius 1 is 0.842 bits per heavy atom. The largest absolute Gasteiger partial charge is 0.497 e. The summed E-state index contributed by atoms with van der Waals surface area (Å²) >= 11 is 6.03. The van der Waals surface area contributed by atoms with E-state index in [4.69, 9.17) is 16.3 Å². The van der Waals surface area contributed by atoms with Crippen LogP contribution in [-0.2, 0) is 0 Å². The second-order valence-electron chi connectivity index (χ2n) is 9.74. The molecule has 38 heavy (non-hydrogen) atoms. The minimum Gasteiger partial charge on any atom is -0.497 e. The molecule has 2 saturated heterocycles. The lowest BCUT2D eigenvalue weighted by atomic mass is 10.0. The second-order valence-corrected chi connectivity index (χ2v) is 10.2. The van der Waals surface area contributed by atoms with Crippen molar-refractivity contribution in [1.29, 1.82) is 0 Å². The van der Waals surface area contributed by atoms with Crippen molar-refractivity contribution in [3.8, 4) is 5.75 Å². The molecule has 3 aromatic carbocycles. The molecule has 2 aliphatic heterocycles. The van der Waals surface area contributed by atoms with Crippen LogP contribution in [0.25, 0.3) is 0 Å². The molecule has 7 nitrogen and oxygen atoms in total. The van der Waals surface area contributed by atoms with Crippen molar-refractivity contribution < 1.29 is 14.3 Å². The SMILES string of the molecule is COc1cccc(C(=O)NC2CCN(c3ccccc3C(=O)N3CCN(c4ccc(Cl)cc4)CC3)CC2)c1. The number of nitrogens with zero attached hydrogens (tertiary/aromatic N) is 3. The second kappa shape index (κ2) is 11.8. The number of hydrogen-bond donors (Lipinski definition) is 1. The van der Waals surface area contributed by atoms with Crippen molar-refractivity contribution in [2.75, 3.05) is 56.2 Å². The van der Waals surface area contributed by atoms with E-state index in [9.17, 15) is 9.59 Å². The van der Waals surface area contributed by atoms with E-state index in [-0.39, 0.29) is 17.9 Å². The van der Waals surface area contributed by atoms with Gasteiger partial charge in [0.1, 0.15) is 5.75 Å². The molecule has 0 bridgehead atoms. The minimum atomic E-state index is -0.0873. The van der Waals surface area contributed by atoms with Gasteiger partial charge in [0.2, 0.25) is 0 Å². The summed E-state index contributed by atoms with van der Waals surface area (Å²) in [5, 5.41) is 3.88. The number of ether oxygens (including phenoxy) is 1. The van der Waals surface area contributed by atoms with Gasteiger partial charge in [0.25, 0.3) is 11.8 Å². The molecule has 2 fully saturated rings. The first-order chi connectivity index (χ1) is 18.5. The summed E-state index contributed by atoms with van der Waals surface area (Å²) in [7, 11) is 1.59. The van der Waals surface area contributed by atoms with E-state index >= 15 is 0 Å². The fourth-order valence-electron chi connectivity index (χ4n) is 5.22. The van der Waals surface area contributed by atoms with Crippen LogP contribution >= 0.6 is 11.6 Å². The predicted molar refractivity (Wildman–Crippen MR) is 152 cm³/mol. The number of hydrogen-bond acceptors (Lipinski definition) is 5. The van der Waals surface area contributed by atoms with Gasteiger partial charge in [-0.1, -0.05) is 29.8 Å². The van der Waals surface area contributed by atoms with E-state index < -0.39 is 0 Å². The molecule has 0 aromatic heterocycles. The van der Waals surface area contributed by atoms with Crippen LogP contribution in [-0.4, -0.2) is 69.1 Å². The first kappa shape index (κ1) is 25.9. The van der Waals surface area contributed by atoms with Crippen LogP contribution in [0.2, 0.25) is 5.02 Å². The molecule has 0 radical (unpaired) electrons. The Bertz CT molecular complexity index is 1270. The lowest BCUT2D eigenvalue weighted by Gasteiger charge is -2.38. The third-order valence-electron chi connectivity index (χ3n) is 7.40. The van der Waals surface area contributed by atoms with Crippen LogP contribution in [0.15, 0.2) is 72.8 Å². The van der Waals surface area contributed by atoms with E-state index in [0.717, 1.165) is 61.0 Å². The number of nitrogens with one attached hydrogen (secondary N) is 1. The highest BCUT2D eigenvalue weighted by Crippen LogP contribution is 2.27. The molecular formula is C30H33ClN4O3. The van der Waals surface area contributed by atoms with Gasteiger partial charge < -0.3 is 24.8 Å². The van der Waals surface area contributed by atoms with Crippen molar-refractivity contribution in [3.05, 3.63) is 88.9 Å². The van der Waals surface area contributed by atoms with Crippen LogP contribution in [0.3, 0.4) is 0 Å². The Labute approximate surface area is 228 Å². The molecule has 2 heterocycles. The summed E-state index contributed by atoms with van der Waals surface area (Å²) in [6.07, 6.45) is 1.63. The molecule has 0 spiro atoms. The molecule has 8 heteroatoms. The number of piperidine rings is 1. The molecule has 0 aliphatic carbocycles. The fourth-order valence-corrected chi connectivity index (χ4v) is 5.34. The van der Waals surface area contributed by atoms with Crippen molar-refractivity contribution >= 4 is 34.8 Å². The van der Waals surface area contributed by atoms with E-state index in [1.54, 1.807) is 19.2 Å². The first-order valence-electron chi connectivity index (χ1n) is 13.1. The quantitative estimate of drug-likeness (QED) is 0.498. The standard InChI is InChI=1S/C30H33ClN4O3/c1-38-26-6-4-5-22(21-26)29(36)32-24-13-15-34(16-14-24)28-8-3-2-7-27(28)30(37)35-19-17-33(18-20-35)25-11-9-23(31)10-12-25/h2-12,21,24H,13-20H2,1H3,(H,32,36). The topological polar surface area (TPSA) is 65.1 Å². The Hall–Kier alpha value is -3.71. The average molecular weight is 533 g/mol. The molecule has 0 atom stereocenters. The Kier molecular flexibility index (Phi) is 8.03. The van der Waals surface area contributed by atoms with E-state index in [0.29, 0.717) is 24.4 Å². The van der Waals surface area contributed by atoms with Crippen LogP contribution in [0.5, 0.6) is 5.75 Å². The normalized spacial score (nSPS) is 16.3. The first-order valence-corrected chi connectivity index (χ1v) is 13.5. The number of amides is 2. The number of halogens is 1. The van der Waals surface area contributed by atoms with E-state index in [2.05, 4.69) is 15.1 Å². The molecule has 2 aliphatic rings. The maximum atomic E-state index is 13.6. The molecule has 198 valence electrons. The Morgan fingerprint density at radius 2 is 1.55 bits per heavy atom. The van der Waals surface area contributed by atoms with Crippen LogP contribution in [0, 0.1) is 0 Å². The number of carbonyl (C=O) groups is 2. The van der Waals surface area contributed by atoms with Crippen molar-refractivity contribution in [3.63, 3.8) is 0 Å². The Balaban J connectivity index is 1.18. The van der Waals surface area contributed by atoms with E-state index in [1.807, 2.05) is 65.6 Å². The van der Waals surface area contributed by atoms with Crippen LogP contribution in [0.4, 0.5) is 11.4 Å². The zero-order valence-electron chi connectivity index (χ0n) is 21.6. The lowest BCUT2D eigenvalue weighted by molar-refractivity contribution is 0.0747. The van der Waals surface area contributed by atoms with Crippen molar-refractivity contribution in [2.24, 2.45) is 0 Å². The van der Waals surface area contributed by atoms with Crippen LogP contribution in [0.1, 0.15) is 33.6 Å². The zero-order valence-corrected chi connectivity index (χ0v) is 22.4. The number of para-hydroxylation sites is 1.